The molecule has 7 heteroatoms. The SMILES string of the molecule is CC(C)(ON1C(=O)N2C[C@H]1CC[C@H]2C#N)C(=O)[O-]. The fraction of sp³-hybridized carbons (Fsp3) is 0.727. The van der Waals surface area contributed by atoms with Crippen molar-refractivity contribution < 1.29 is 19.5 Å². The van der Waals surface area contributed by atoms with Crippen molar-refractivity contribution in [2.24, 2.45) is 0 Å². The second-order valence-electron chi connectivity index (χ2n) is 5.03. The Morgan fingerprint density at radius 2 is 2.22 bits per heavy atom. The molecule has 98 valence electrons. The molecule has 2 aliphatic heterocycles. The van der Waals surface area contributed by atoms with Gasteiger partial charge in [0.25, 0.3) is 0 Å². The van der Waals surface area contributed by atoms with E-state index in [0.717, 1.165) is 5.06 Å². The summed E-state index contributed by atoms with van der Waals surface area (Å²) in [6.07, 6.45) is 1.21. The maximum atomic E-state index is 12.0. The van der Waals surface area contributed by atoms with Crippen LogP contribution in [0.15, 0.2) is 0 Å². The topological polar surface area (TPSA) is 96.7 Å². The minimum absolute atomic E-state index is 0.194. The van der Waals surface area contributed by atoms with Crippen molar-refractivity contribution in [1.82, 2.24) is 9.96 Å². The summed E-state index contributed by atoms with van der Waals surface area (Å²) in [6.45, 7) is 3.06. The van der Waals surface area contributed by atoms with Crippen LogP contribution in [-0.4, -0.2) is 46.2 Å². The molecular formula is C11H14N3O4-. The molecule has 0 spiro atoms. The molecule has 0 aromatic carbocycles. The zero-order chi connectivity index (χ0) is 13.5. The van der Waals surface area contributed by atoms with Gasteiger partial charge in [-0.25, -0.2) is 4.79 Å². The number of nitriles is 1. The number of carbonyl (C=O) groups excluding carboxylic acids is 2. The normalized spacial score (nSPS) is 27.3. The lowest BCUT2D eigenvalue weighted by Crippen LogP contribution is -2.51. The predicted molar refractivity (Wildman–Crippen MR) is 56.5 cm³/mol. The highest BCUT2D eigenvalue weighted by Crippen LogP contribution is 2.31. The average Bonchev–Trinajstić information content (AvgIpc) is 2.55. The van der Waals surface area contributed by atoms with Gasteiger partial charge in [-0.05, 0) is 26.7 Å². The number of carboxylic acid groups (broad SMARTS) is 1. The van der Waals surface area contributed by atoms with Crippen molar-refractivity contribution >= 4 is 12.0 Å². The lowest BCUT2D eigenvalue weighted by atomic mass is 10.0. The Morgan fingerprint density at radius 1 is 1.56 bits per heavy atom. The van der Waals surface area contributed by atoms with Crippen LogP contribution in [0.1, 0.15) is 26.7 Å². The summed E-state index contributed by atoms with van der Waals surface area (Å²) in [5.74, 6) is -1.39. The van der Waals surface area contributed by atoms with Crippen LogP contribution in [0.3, 0.4) is 0 Å². The lowest BCUT2D eigenvalue weighted by Gasteiger charge is -2.32. The van der Waals surface area contributed by atoms with E-state index in [1.54, 1.807) is 0 Å². The second-order valence-corrected chi connectivity index (χ2v) is 5.03. The van der Waals surface area contributed by atoms with Gasteiger partial charge in [0, 0.05) is 6.54 Å². The average molecular weight is 252 g/mol. The number of carboxylic acids is 1. The Labute approximate surface area is 104 Å². The third-order valence-corrected chi connectivity index (χ3v) is 3.29. The third-order valence-electron chi connectivity index (χ3n) is 3.29. The van der Waals surface area contributed by atoms with E-state index >= 15 is 0 Å². The summed E-state index contributed by atoms with van der Waals surface area (Å²) in [7, 11) is 0. The van der Waals surface area contributed by atoms with E-state index in [1.165, 1.54) is 18.7 Å². The molecule has 0 aromatic rings. The molecule has 0 aliphatic carbocycles. The highest BCUT2D eigenvalue weighted by atomic mass is 16.7. The van der Waals surface area contributed by atoms with Crippen LogP contribution in [-0.2, 0) is 9.63 Å². The summed E-state index contributed by atoms with van der Waals surface area (Å²) in [5, 5.41) is 20.9. The number of hydrogen-bond acceptors (Lipinski definition) is 5. The second kappa shape index (κ2) is 4.14. The first-order chi connectivity index (χ1) is 8.36. The van der Waals surface area contributed by atoms with Crippen LogP contribution in [0.4, 0.5) is 4.79 Å². The molecule has 2 amide bonds. The summed E-state index contributed by atoms with van der Waals surface area (Å²) in [6, 6.07) is 0.972. The fourth-order valence-corrected chi connectivity index (χ4v) is 2.17. The predicted octanol–water partition coefficient (Wildman–Crippen LogP) is -0.761. The molecule has 2 aliphatic rings. The van der Waals surface area contributed by atoms with Crippen molar-refractivity contribution in [3.05, 3.63) is 0 Å². The monoisotopic (exact) mass is 252 g/mol. The first-order valence-corrected chi connectivity index (χ1v) is 5.77. The van der Waals surface area contributed by atoms with Gasteiger partial charge >= 0.3 is 6.03 Å². The Hall–Kier alpha value is -1.81. The van der Waals surface area contributed by atoms with Crippen LogP contribution in [0.25, 0.3) is 0 Å². The molecule has 2 atom stereocenters. The molecule has 2 saturated heterocycles. The quantitative estimate of drug-likeness (QED) is 0.657. The van der Waals surface area contributed by atoms with Gasteiger partial charge < -0.3 is 14.8 Å². The number of nitrogens with zero attached hydrogens (tertiary/aromatic N) is 3. The number of hydroxylamine groups is 2. The zero-order valence-corrected chi connectivity index (χ0v) is 10.3. The number of piperidine rings is 1. The lowest BCUT2D eigenvalue weighted by molar-refractivity contribution is -0.339. The van der Waals surface area contributed by atoms with Gasteiger partial charge in [-0.1, -0.05) is 0 Å². The van der Waals surface area contributed by atoms with Crippen molar-refractivity contribution in [3.8, 4) is 6.07 Å². The van der Waals surface area contributed by atoms with Gasteiger partial charge in [0.2, 0.25) is 0 Å². The molecule has 18 heavy (non-hydrogen) atoms. The zero-order valence-electron chi connectivity index (χ0n) is 10.3. The number of rotatable bonds is 3. The van der Waals surface area contributed by atoms with Crippen LogP contribution >= 0.6 is 0 Å². The molecule has 0 unspecified atom stereocenters. The molecule has 0 N–H and O–H groups in total. The Bertz CT molecular complexity index is 428. The van der Waals surface area contributed by atoms with Gasteiger partial charge in [-0.15, -0.1) is 0 Å². The van der Waals surface area contributed by atoms with E-state index in [-0.39, 0.29) is 6.04 Å². The van der Waals surface area contributed by atoms with Crippen molar-refractivity contribution in [3.63, 3.8) is 0 Å². The van der Waals surface area contributed by atoms with Gasteiger partial charge in [0.05, 0.1) is 18.1 Å². The Balaban J connectivity index is 2.15. The molecule has 0 saturated carbocycles. The Morgan fingerprint density at radius 3 is 2.78 bits per heavy atom. The first-order valence-electron chi connectivity index (χ1n) is 5.77. The van der Waals surface area contributed by atoms with Crippen LogP contribution in [0.5, 0.6) is 0 Å². The molecule has 2 bridgehead atoms. The number of carbonyl (C=O) groups is 2. The van der Waals surface area contributed by atoms with Crippen molar-refractivity contribution in [1.29, 1.82) is 5.26 Å². The largest absolute Gasteiger partial charge is 0.547 e. The standard InChI is InChI=1S/C11H15N3O4/c1-11(2,9(15)16)18-14-8-4-3-7(5-12)13(6-8)10(14)17/h7-8H,3-4,6H2,1-2H3,(H,15,16)/p-1/t7-,8+/m0/s1. The Kier molecular flexibility index (Phi) is 2.91. The number of urea groups is 1. The number of aliphatic carboxylic acids is 1. The number of amides is 2. The molecule has 7 nitrogen and oxygen atoms in total. The highest BCUT2D eigenvalue weighted by Gasteiger charge is 2.47. The van der Waals surface area contributed by atoms with Gasteiger partial charge in [-0.2, -0.15) is 10.3 Å². The maximum absolute atomic E-state index is 12.0. The molecule has 0 aromatic heterocycles. The van der Waals surface area contributed by atoms with Crippen LogP contribution in [0, 0.1) is 11.3 Å². The number of hydrogen-bond donors (Lipinski definition) is 0. The molecular weight excluding hydrogens is 238 g/mol. The van der Waals surface area contributed by atoms with E-state index in [9.17, 15) is 14.7 Å². The number of fused-ring (bicyclic) bond motifs is 2. The fourth-order valence-electron chi connectivity index (χ4n) is 2.17. The third kappa shape index (κ3) is 1.88. The highest BCUT2D eigenvalue weighted by molar-refractivity contribution is 5.78. The van der Waals surface area contributed by atoms with Crippen LogP contribution < -0.4 is 5.11 Å². The summed E-state index contributed by atoms with van der Waals surface area (Å²) in [5.41, 5.74) is -1.57. The van der Waals surface area contributed by atoms with Crippen LogP contribution in [0.2, 0.25) is 0 Å². The smallest absolute Gasteiger partial charge is 0.345 e. The molecule has 2 fully saturated rings. The summed E-state index contributed by atoms with van der Waals surface area (Å²) >= 11 is 0. The first kappa shape index (κ1) is 12.6. The van der Waals surface area contributed by atoms with Gasteiger partial charge in [-0.3, -0.25) is 4.84 Å². The van der Waals surface area contributed by atoms with Gasteiger partial charge in [0.1, 0.15) is 11.6 Å². The van der Waals surface area contributed by atoms with Gasteiger partial charge in [0.15, 0.2) is 0 Å². The minimum atomic E-state index is -1.57. The molecule has 2 heterocycles. The van der Waals surface area contributed by atoms with E-state index in [1.807, 2.05) is 0 Å². The minimum Gasteiger partial charge on any atom is -0.547 e. The van der Waals surface area contributed by atoms with E-state index < -0.39 is 23.6 Å². The van der Waals surface area contributed by atoms with E-state index in [4.69, 9.17) is 10.1 Å². The molecule has 0 radical (unpaired) electrons. The van der Waals surface area contributed by atoms with E-state index in [2.05, 4.69) is 6.07 Å². The van der Waals surface area contributed by atoms with E-state index in [0.29, 0.717) is 19.4 Å². The maximum Gasteiger partial charge on any atom is 0.345 e. The molecule has 2 rings (SSSR count). The summed E-state index contributed by atoms with van der Waals surface area (Å²) < 4.78 is 0. The van der Waals surface area contributed by atoms with Crippen molar-refractivity contribution in [2.75, 3.05) is 6.54 Å². The van der Waals surface area contributed by atoms with Crippen molar-refractivity contribution in [2.45, 2.75) is 44.4 Å². The summed E-state index contributed by atoms with van der Waals surface area (Å²) in [4.78, 5) is 29.6.